The Hall–Kier alpha value is -2.02. The highest BCUT2D eigenvalue weighted by molar-refractivity contribution is 5.87. The number of carbonyl (C=O) groups excluding carboxylic acids is 1. The van der Waals surface area contributed by atoms with Gasteiger partial charge in [0.25, 0.3) is 0 Å². The zero-order valence-corrected chi connectivity index (χ0v) is 12.8. The number of likely N-dealkylation sites (N-methyl/N-ethyl adjacent to an activating group) is 1. The summed E-state index contributed by atoms with van der Waals surface area (Å²) >= 11 is 0. The SMILES string of the molecule is CN(CCNCc1cc(C(=O)O)co1)C(=O)OC(C)(C)C. The van der Waals surface area contributed by atoms with Crippen molar-refractivity contribution in [3.8, 4) is 0 Å². The fourth-order valence-corrected chi connectivity index (χ4v) is 1.47. The van der Waals surface area contributed by atoms with Gasteiger partial charge in [0, 0.05) is 20.1 Å². The van der Waals surface area contributed by atoms with E-state index in [4.69, 9.17) is 14.3 Å². The highest BCUT2D eigenvalue weighted by atomic mass is 16.6. The van der Waals surface area contributed by atoms with Gasteiger partial charge in [-0.1, -0.05) is 0 Å². The number of ether oxygens (including phenoxy) is 1. The first-order valence-corrected chi connectivity index (χ1v) is 6.64. The maximum Gasteiger partial charge on any atom is 0.410 e. The molecule has 0 radical (unpaired) electrons. The standard InChI is InChI=1S/C14H22N2O5/c1-14(2,3)21-13(19)16(4)6-5-15-8-11-7-10(9-20-11)12(17)18/h7,9,15H,5-6,8H2,1-4H3,(H,17,18). The van der Waals surface area contributed by atoms with Gasteiger partial charge in [-0.3, -0.25) is 0 Å². The van der Waals surface area contributed by atoms with E-state index in [2.05, 4.69) is 5.32 Å². The molecular weight excluding hydrogens is 276 g/mol. The number of furan rings is 1. The second-order valence-electron chi connectivity index (χ2n) is 5.69. The average molecular weight is 298 g/mol. The molecule has 0 fully saturated rings. The lowest BCUT2D eigenvalue weighted by atomic mass is 10.2. The Balaban J connectivity index is 2.27. The summed E-state index contributed by atoms with van der Waals surface area (Å²) in [6, 6.07) is 1.47. The zero-order valence-electron chi connectivity index (χ0n) is 12.8. The van der Waals surface area contributed by atoms with Gasteiger partial charge in [-0.15, -0.1) is 0 Å². The number of aromatic carboxylic acids is 1. The first kappa shape index (κ1) is 17.0. The van der Waals surface area contributed by atoms with Crippen LogP contribution in [0, 0.1) is 0 Å². The topological polar surface area (TPSA) is 92.0 Å². The molecule has 0 aliphatic carbocycles. The van der Waals surface area contributed by atoms with Crippen molar-refractivity contribution < 1.29 is 23.8 Å². The molecule has 0 unspecified atom stereocenters. The molecule has 0 spiro atoms. The molecule has 1 aromatic rings. The van der Waals surface area contributed by atoms with Crippen LogP contribution >= 0.6 is 0 Å². The third-order valence-electron chi connectivity index (χ3n) is 2.53. The second-order valence-corrected chi connectivity index (χ2v) is 5.69. The normalized spacial score (nSPS) is 11.2. The summed E-state index contributed by atoms with van der Waals surface area (Å²) in [5, 5.41) is 11.8. The highest BCUT2D eigenvalue weighted by Crippen LogP contribution is 2.09. The Morgan fingerprint density at radius 2 is 2.10 bits per heavy atom. The van der Waals surface area contributed by atoms with Gasteiger partial charge in [-0.2, -0.15) is 0 Å². The van der Waals surface area contributed by atoms with Crippen LogP contribution in [-0.2, 0) is 11.3 Å². The predicted molar refractivity (Wildman–Crippen MR) is 76.2 cm³/mol. The van der Waals surface area contributed by atoms with Crippen molar-refractivity contribution in [3.05, 3.63) is 23.7 Å². The number of carboxylic acids is 1. The minimum Gasteiger partial charge on any atom is -0.478 e. The van der Waals surface area contributed by atoms with Crippen LogP contribution in [0.15, 0.2) is 16.7 Å². The van der Waals surface area contributed by atoms with E-state index >= 15 is 0 Å². The maximum atomic E-state index is 11.7. The van der Waals surface area contributed by atoms with E-state index in [1.54, 1.807) is 7.05 Å². The maximum absolute atomic E-state index is 11.7. The number of hydrogen-bond donors (Lipinski definition) is 2. The fraction of sp³-hybridized carbons (Fsp3) is 0.571. The molecule has 21 heavy (non-hydrogen) atoms. The molecule has 118 valence electrons. The molecule has 1 aromatic heterocycles. The molecule has 0 aliphatic rings. The molecule has 7 nitrogen and oxygen atoms in total. The van der Waals surface area contributed by atoms with Gasteiger partial charge in [0.15, 0.2) is 0 Å². The van der Waals surface area contributed by atoms with Gasteiger partial charge < -0.3 is 24.5 Å². The van der Waals surface area contributed by atoms with Gasteiger partial charge in [-0.05, 0) is 26.8 Å². The van der Waals surface area contributed by atoms with Crippen LogP contribution in [0.3, 0.4) is 0 Å². The molecule has 1 amide bonds. The second kappa shape index (κ2) is 7.12. The third kappa shape index (κ3) is 6.31. The summed E-state index contributed by atoms with van der Waals surface area (Å²) in [7, 11) is 1.66. The first-order chi connectivity index (χ1) is 9.69. The number of hydrogen-bond acceptors (Lipinski definition) is 5. The van der Waals surface area contributed by atoms with Crippen LogP contribution in [0.4, 0.5) is 4.79 Å². The van der Waals surface area contributed by atoms with Crippen molar-refractivity contribution in [1.29, 1.82) is 0 Å². The summed E-state index contributed by atoms with van der Waals surface area (Å²) < 4.78 is 10.3. The van der Waals surface area contributed by atoms with Crippen LogP contribution in [0.1, 0.15) is 36.9 Å². The molecule has 0 saturated carbocycles. The summed E-state index contributed by atoms with van der Waals surface area (Å²) in [4.78, 5) is 23.9. The highest BCUT2D eigenvalue weighted by Gasteiger charge is 2.19. The number of carboxylic acid groups (broad SMARTS) is 1. The molecule has 1 heterocycles. The molecule has 0 aliphatic heterocycles. The fourth-order valence-electron chi connectivity index (χ4n) is 1.47. The van der Waals surface area contributed by atoms with Crippen LogP contribution < -0.4 is 5.32 Å². The molecule has 0 atom stereocenters. The number of carbonyl (C=O) groups is 2. The van der Waals surface area contributed by atoms with Gasteiger partial charge >= 0.3 is 12.1 Å². The molecule has 2 N–H and O–H groups in total. The summed E-state index contributed by atoms with van der Waals surface area (Å²) in [5.74, 6) is -0.484. The minimum absolute atomic E-state index is 0.123. The van der Waals surface area contributed by atoms with Crippen molar-refractivity contribution in [2.75, 3.05) is 20.1 Å². The molecule has 0 aromatic carbocycles. The molecule has 0 saturated heterocycles. The minimum atomic E-state index is -1.02. The average Bonchev–Trinajstić information content (AvgIpc) is 2.81. The Labute approximate surface area is 123 Å². The van der Waals surface area contributed by atoms with Crippen LogP contribution in [-0.4, -0.2) is 47.8 Å². The third-order valence-corrected chi connectivity index (χ3v) is 2.53. The van der Waals surface area contributed by atoms with E-state index in [0.717, 1.165) is 0 Å². The van der Waals surface area contributed by atoms with E-state index in [1.807, 2.05) is 20.8 Å². The Morgan fingerprint density at radius 1 is 1.43 bits per heavy atom. The number of nitrogens with one attached hydrogen (secondary N) is 1. The van der Waals surface area contributed by atoms with E-state index in [1.165, 1.54) is 17.2 Å². The lowest BCUT2D eigenvalue weighted by molar-refractivity contribution is 0.0300. The first-order valence-electron chi connectivity index (χ1n) is 6.64. The van der Waals surface area contributed by atoms with Gasteiger partial charge in [-0.25, -0.2) is 9.59 Å². The Bertz CT molecular complexity index is 490. The number of amides is 1. The zero-order chi connectivity index (χ0) is 16.0. The van der Waals surface area contributed by atoms with E-state index in [-0.39, 0.29) is 11.7 Å². The van der Waals surface area contributed by atoms with Crippen molar-refractivity contribution in [2.45, 2.75) is 32.9 Å². The summed E-state index contributed by atoms with van der Waals surface area (Å²) in [5.41, 5.74) is -0.391. The van der Waals surface area contributed by atoms with Gasteiger partial charge in [0.05, 0.1) is 12.1 Å². The molecular formula is C14H22N2O5. The van der Waals surface area contributed by atoms with Crippen molar-refractivity contribution >= 4 is 12.1 Å². The van der Waals surface area contributed by atoms with E-state index in [9.17, 15) is 9.59 Å². The lowest BCUT2D eigenvalue weighted by Gasteiger charge is -2.24. The summed E-state index contributed by atoms with van der Waals surface area (Å²) in [6.07, 6.45) is 0.821. The number of rotatable bonds is 6. The van der Waals surface area contributed by atoms with Crippen LogP contribution in [0.25, 0.3) is 0 Å². The monoisotopic (exact) mass is 298 g/mol. The van der Waals surface area contributed by atoms with Gasteiger partial charge in [0.1, 0.15) is 17.6 Å². The predicted octanol–water partition coefficient (Wildman–Crippen LogP) is 1.93. The largest absolute Gasteiger partial charge is 0.478 e. The molecule has 1 rings (SSSR count). The Morgan fingerprint density at radius 3 is 2.62 bits per heavy atom. The Kier molecular flexibility index (Phi) is 5.78. The van der Waals surface area contributed by atoms with Crippen LogP contribution in [0.2, 0.25) is 0 Å². The quantitative estimate of drug-likeness (QED) is 0.780. The van der Waals surface area contributed by atoms with Crippen molar-refractivity contribution in [3.63, 3.8) is 0 Å². The molecule has 0 bridgehead atoms. The van der Waals surface area contributed by atoms with Crippen molar-refractivity contribution in [1.82, 2.24) is 10.2 Å². The van der Waals surface area contributed by atoms with Crippen LogP contribution in [0.5, 0.6) is 0 Å². The molecule has 7 heteroatoms. The van der Waals surface area contributed by atoms with Gasteiger partial charge in [0.2, 0.25) is 0 Å². The van der Waals surface area contributed by atoms with E-state index < -0.39 is 11.6 Å². The smallest absolute Gasteiger partial charge is 0.410 e. The van der Waals surface area contributed by atoms with Crippen molar-refractivity contribution in [2.24, 2.45) is 0 Å². The summed E-state index contributed by atoms with van der Waals surface area (Å²) in [6.45, 7) is 6.85. The number of nitrogens with zero attached hydrogens (tertiary/aromatic N) is 1. The lowest BCUT2D eigenvalue weighted by Crippen LogP contribution is -2.37. The van der Waals surface area contributed by atoms with E-state index in [0.29, 0.717) is 25.4 Å².